The average Bonchev–Trinajstić information content (AvgIpc) is 3.24. The first-order valence-electron chi connectivity index (χ1n) is 13.9. The van der Waals surface area contributed by atoms with Crippen molar-refractivity contribution >= 4 is 40.9 Å². The van der Waals surface area contributed by atoms with Crippen LogP contribution in [0.4, 0.5) is 11.4 Å². The molecule has 0 aliphatic carbocycles. The average molecular weight is 597 g/mol. The summed E-state index contributed by atoms with van der Waals surface area (Å²) in [5.74, 6) is -2.24. The van der Waals surface area contributed by atoms with Crippen LogP contribution < -0.4 is 15.4 Å². The number of imide groups is 2. The summed E-state index contributed by atoms with van der Waals surface area (Å²) in [4.78, 5) is 73.4. The van der Waals surface area contributed by atoms with Crippen LogP contribution in [0, 0.1) is 10.1 Å². The van der Waals surface area contributed by atoms with Crippen molar-refractivity contribution in [2.75, 3.05) is 38.4 Å². The lowest BCUT2D eigenvalue weighted by molar-refractivity contribution is -0.384. The standard InChI is InChI=1S/C29H32N4O10/c34-24(7-2-1-3-14-41-15-16-42-17-18-43-20-10-8-19(9-11-20)33(39)40)30-22-6-4-5-21-26(22)29(38)32(28(21)37)23-12-13-25(35)31-27(23)36/h4-6,8-11,23H,1-3,7,12-18H2,(H,30,34)(H,31,35,36). The summed E-state index contributed by atoms with van der Waals surface area (Å²) < 4.78 is 16.4. The van der Waals surface area contributed by atoms with E-state index in [0.29, 0.717) is 45.2 Å². The van der Waals surface area contributed by atoms with Crippen LogP contribution in [-0.4, -0.2) is 78.4 Å². The van der Waals surface area contributed by atoms with Crippen LogP contribution >= 0.6 is 0 Å². The van der Waals surface area contributed by atoms with Crippen molar-refractivity contribution in [3.63, 3.8) is 0 Å². The highest BCUT2D eigenvalue weighted by Gasteiger charge is 2.45. The number of carbonyl (C=O) groups is 5. The molecule has 14 heteroatoms. The molecular weight excluding hydrogens is 564 g/mol. The molecule has 0 spiro atoms. The molecule has 2 aliphatic heterocycles. The predicted molar refractivity (Wildman–Crippen MR) is 150 cm³/mol. The van der Waals surface area contributed by atoms with Gasteiger partial charge in [0.15, 0.2) is 0 Å². The molecule has 1 atom stereocenters. The number of amides is 5. The van der Waals surface area contributed by atoms with Crippen LogP contribution in [0.1, 0.15) is 59.2 Å². The Morgan fingerprint density at radius 1 is 0.930 bits per heavy atom. The van der Waals surface area contributed by atoms with Crippen molar-refractivity contribution in [3.05, 3.63) is 63.7 Å². The molecule has 5 amide bonds. The number of nitro groups is 1. The van der Waals surface area contributed by atoms with Gasteiger partial charge in [0.25, 0.3) is 17.5 Å². The molecule has 2 N–H and O–H groups in total. The third-order valence-corrected chi connectivity index (χ3v) is 6.85. The van der Waals surface area contributed by atoms with E-state index in [4.69, 9.17) is 14.2 Å². The minimum absolute atomic E-state index is 0.00268. The molecule has 0 bridgehead atoms. The number of carbonyl (C=O) groups excluding carboxylic acids is 5. The highest BCUT2D eigenvalue weighted by Crippen LogP contribution is 2.32. The van der Waals surface area contributed by atoms with E-state index in [1.807, 2.05) is 0 Å². The molecule has 228 valence electrons. The van der Waals surface area contributed by atoms with E-state index in [1.54, 1.807) is 6.07 Å². The van der Waals surface area contributed by atoms with Gasteiger partial charge in [0.2, 0.25) is 17.7 Å². The fourth-order valence-electron chi connectivity index (χ4n) is 4.70. The Morgan fingerprint density at radius 3 is 2.37 bits per heavy atom. The highest BCUT2D eigenvalue weighted by molar-refractivity contribution is 6.26. The van der Waals surface area contributed by atoms with Crippen molar-refractivity contribution in [1.82, 2.24) is 10.2 Å². The Kier molecular flexibility index (Phi) is 10.9. The fourth-order valence-corrected chi connectivity index (χ4v) is 4.70. The maximum Gasteiger partial charge on any atom is 0.269 e. The highest BCUT2D eigenvalue weighted by atomic mass is 16.6. The van der Waals surface area contributed by atoms with Crippen molar-refractivity contribution in [1.29, 1.82) is 0 Å². The number of benzene rings is 2. The largest absolute Gasteiger partial charge is 0.491 e. The summed E-state index contributed by atoms with van der Waals surface area (Å²) in [5, 5.41) is 15.5. The minimum Gasteiger partial charge on any atom is -0.491 e. The lowest BCUT2D eigenvalue weighted by Crippen LogP contribution is -2.54. The van der Waals surface area contributed by atoms with Crippen LogP contribution in [0.2, 0.25) is 0 Å². The molecule has 1 saturated heterocycles. The van der Waals surface area contributed by atoms with Gasteiger partial charge in [-0.25, -0.2) is 0 Å². The lowest BCUT2D eigenvalue weighted by atomic mass is 10.0. The number of hydrogen-bond donors (Lipinski definition) is 2. The number of nitrogens with zero attached hydrogens (tertiary/aromatic N) is 2. The fraction of sp³-hybridized carbons (Fsp3) is 0.414. The third kappa shape index (κ3) is 8.20. The second kappa shape index (κ2) is 15.0. The summed E-state index contributed by atoms with van der Waals surface area (Å²) in [6.07, 6.45) is 2.36. The molecule has 4 rings (SSSR count). The molecule has 14 nitrogen and oxygen atoms in total. The Bertz CT molecular complexity index is 1380. The van der Waals surface area contributed by atoms with E-state index in [9.17, 15) is 34.1 Å². The number of rotatable bonds is 16. The zero-order chi connectivity index (χ0) is 30.8. The van der Waals surface area contributed by atoms with Gasteiger partial charge in [-0.3, -0.25) is 44.3 Å². The molecule has 2 aromatic rings. The van der Waals surface area contributed by atoms with E-state index in [0.717, 1.165) is 17.7 Å². The molecule has 1 fully saturated rings. The number of nitro benzene ring substituents is 1. The molecule has 0 saturated carbocycles. The van der Waals surface area contributed by atoms with Crippen LogP contribution in [-0.2, 0) is 23.9 Å². The van der Waals surface area contributed by atoms with Crippen LogP contribution in [0.5, 0.6) is 5.75 Å². The maximum atomic E-state index is 13.1. The summed E-state index contributed by atoms with van der Waals surface area (Å²) in [6.45, 7) is 1.93. The van der Waals surface area contributed by atoms with Gasteiger partial charge in [-0.15, -0.1) is 0 Å². The summed E-state index contributed by atoms with van der Waals surface area (Å²) in [7, 11) is 0. The van der Waals surface area contributed by atoms with E-state index in [1.165, 1.54) is 36.4 Å². The molecule has 2 heterocycles. The maximum absolute atomic E-state index is 13.1. The van der Waals surface area contributed by atoms with Crippen molar-refractivity contribution in [2.24, 2.45) is 0 Å². The van der Waals surface area contributed by atoms with E-state index in [2.05, 4.69) is 10.6 Å². The smallest absolute Gasteiger partial charge is 0.269 e. The Balaban J connectivity index is 1.08. The number of anilines is 1. The molecule has 2 aromatic carbocycles. The molecule has 2 aliphatic rings. The summed E-state index contributed by atoms with van der Waals surface area (Å²) in [6, 6.07) is 9.28. The van der Waals surface area contributed by atoms with Gasteiger partial charge in [-0.2, -0.15) is 0 Å². The SMILES string of the molecule is O=C1CCC(N2C(=O)c3cccc(NC(=O)CCCCCOCCOCCOc4ccc([N+](=O)[O-])cc4)c3C2=O)C(=O)N1. The number of nitrogens with one attached hydrogen (secondary N) is 2. The van der Waals surface area contributed by atoms with E-state index in [-0.39, 0.29) is 47.7 Å². The number of non-ortho nitro benzene ring substituents is 1. The topological polar surface area (TPSA) is 183 Å². The summed E-state index contributed by atoms with van der Waals surface area (Å²) >= 11 is 0. The quantitative estimate of drug-likeness (QED) is 0.126. The Hall–Kier alpha value is -4.69. The number of fused-ring (bicyclic) bond motifs is 1. The van der Waals surface area contributed by atoms with Crippen LogP contribution in [0.3, 0.4) is 0 Å². The first-order chi connectivity index (χ1) is 20.8. The van der Waals surface area contributed by atoms with Gasteiger partial charge in [0.1, 0.15) is 18.4 Å². The van der Waals surface area contributed by atoms with Crippen molar-refractivity contribution < 1.29 is 43.1 Å². The second-order valence-electron chi connectivity index (χ2n) is 9.86. The molecule has 1 unspecified atom stereocenters. The van der Waals surface area contributed by atoms with E-state index < -0.39 is 34.6 Å². The predicted octanol–water partition coefficient (Wildman–Crippen LogP) is 2.61. The molecule has 0 aromatic heterocycles. The number of unbranched alkanes of at least 4 members (excludes halogenated alkanes) is 2. The lowest BCUT2D eigenvalue weighted by Gasteiger charge is -2.27. The zero-order valence-corrected chi connectivity index (χ0v) is 23.4. The first kappa shape index (κ1) is 31.3. The normalized spacial score (nSPS) is 16.2. The summed E-state index contributed by atoms with van der Waals surface area (Å²) in [5.41, 5.74) is 0.346. The molecular formula is C29H32N4O10. The Labute approximate surface area is 246 Å². The van der Waals surface area contributed by atoms with Crippen LogP contribution in [0.25, 0.3) is 0 Å². The monoisotopic (exact) mass is 596 g/mol. The second-order valence-corrected chi connectivity index (χ2v) is 9.86. The first-order valence-corrected chi connectivity index (χ1v) is 13.9. The zero-order valence-electron chi connectivity index (χ0n) is 23.4. The Morgan fingerprint density at radius 2 is 1.65 bits per heavy atom. The van der Waals surface area contributed by atoms with Crippen molar-refractivity contribution in [3.8, 4) is 5.75 Å². The molecule has 43 heavy (non-hydrogen) atoms. The van der Waals surface area contributed by atoms with Gasteiger partial charge < -0.3 is 19.5 Å². The van der Waals surface area contributed by atoms with Gasteiger partial charge in [-0.1, -0.05) is 12.5 Å². The minimum atomic E-state index is -1.08. The number of ether oxygens (including phenoxy) is 3. The third-order valence-electron chi connectivity index (χ3n) is 6.85. The van der Waals surface area contributed by atoms with Crippen molar-refractivity contribution in [2.45, 2.75) is 44.6 Å². The van der Waals surface area contributed by atoms with Crippen LogP contribution in [0.15, 0.2) is 42.5 Å². The van der Waals surface area contributed by atoms with Gasteiger partial charge in [0, 0.05) is 31.6 Å². The number of hydrogen-bond acceptors (Lipinski definition) is 10. The van der Waals surface area contributed by atoms with E-state index >= 15 is 0 Å². The van der Waals surface area contributed by atoms with Gasteiger partial charge in [-0.05, 0) is 43.5 Å². The van der Waals surface area contributed by atoms with Gasteiger partial charge >= 0.3 is 0 Å². The van der Waals surface area contributed by atoms with Gasteiger partial charge in [0.05, 0.1) is 41.6 Å². The molecule has 0 radical (unpaired) electrons. The number of piperidine rings is 1.